The second-order valence-corrected chi connectivity index (χ2v) is 9.98. The zero-order chi connectivity index (χ0) is 25.7. The summed E-state index contributed by atoms with van der Waals surface area (Å²) in [6, 6.07) is 22.3. The van der Waals surface area contributed by atoms with Gasteiger partial charge >= 0.3 is 0 Å². The highest BCUT2D eigenvalue weighted by Crippen LogP contribution is 2.27. The molecule has 4 aromatic rings. The molecular weight excluding hydrogens is 450 g/mol. The normalized spacial score (nSPS) is 11.5. The maximum absolute atomic E-state index is 12.6. The van der Waals surface area contributed by atoms with Crippen molar-refractivity contribution in [3.8, 4) is 11.5 Å². The molecule has 0 aliphatic heterocycles. The topological polar surface area (TPSA) is 65.4 Å². The Morgan fingerprint density at radius 1 is 0.944 bits per heavy atom. The fourth-order valence-corrected chi connectivity index (χ4v) is 4.31. The molecule has 36 heavy (non-hydrogen) atoms. The molecule has 1 amide bonds. The number of carbonyl (C=O) groups excluding carboxylic acids is 1. The number of rotatable bonds is 9. The Balaban J connectivity index is 1.43. The molecule has 0 saturated carbocycles. The number of ether oxygens (including phenoxy) is 2. The molecular formula is C30H35N3O3. The van der Waals surface area contributed by atoms with Crippen molar-refractivity contribution in [2.45, 2.75) is 45.6 Å². The van der Waals surface area contributed by atoms with Gasteiger partial charge < -0.3 is 19.4 Å². The molecule has 0 aliphatic carbocycles. The number of methoxy groups -OCH3 is 2. The summed E-state index contributed by atoms with van der Waals surface area (Å²) in [6.45, 7) is 8.00. The van der Waals surface area contributed by atoms with Crippen molar-refractivity contribution in [2.75, 3.05) is 20.8 Å². The Morgan fingerprint density at radius 3 is 2.36 bits per heavy atom. The third-order valence-corrected chi connectivity index (χ3v) is 6.40. The zero-order valence-corrected chi connectivity index (χ0v) is 21.8. The minimum absolute atomic E-state index is 0.132. The van der Waals surface area contributed by atoms with Gasteiger partial charge in [-0.2, -0.15) is 0 Å². The SMILES string of the molecule is COc1ccc(C(=O)NCCCc2nc3ccccc3n2Cc2ccc(C(C)(C)C)cc2)cc1OC. The van der Waals surface area contributed by atoms with Gasteiger partial charge in [0.1, 0.15) is 5.82 Å². The van der Waals surface area contributed by atoms with Crippen LogP contribution in [0.4, 0.5) is 0 Å². The van der Waals surface area contributed by atoms with E-state index in [0.717, 1.165) is 36.2 Å². The van der Waals surface area contributed by atoms with E-state index >= 15 is 0 Å². The second-order valence-electron chi connectivity index (χ2n) is 9.98. The summed E-state index contributed by atoms with van der Waals surface area (Å²) in [5, 5.41) is 3.01. The number of carbonyl (C=O) groups is 1. The number of fused-ring (bicyclic) bond motifs is 1. The number of nitrogens with one attached hydrogen (secondary N) is 1. The van der Waals surface area contributed by atoms with Gasteiger partial charge in [0.05, 0.1) is 25.3 Å². The molecule has 6 nitrogen and oxygen atoms in total. The minimum atomic E-state index is -0.136. The van der Waals surface area contributed by atoms with Gasteiger partial charge in [0.2, 0.25) is 0 Å². The van der Waals surface area contributed by atoms with Crippen molar-refractivity contribution < 1.29 is 14.3 Å². The van der Waals surface area contributed by atoms with E-state index in [4.69, 9.17) is 14.5 Å². The van der Waals surface area contributed by atoms with Crippen LogP contribution in [0.5, 0.6) is 11.5 Å². The fraction of sp³-hybridized carbons (Fsp3) is 0.333. The van der Waals surface area contributed by atoms with E-state index in [1.807, 2.05) is 6.07 Å². The molecule has 4 rings (SSSR count). The molecule has 0 bridgehead atoms. The van der Waals surface area contributed by atoms with Crippen LogP contribution in [0, 0.1) is 0 Å². The van der Waals surface area contributed by atoms with E-state index < -0.39 is 0 Å². The van der Waals surface area contributed by atoms with Crippen LogP contribution in [0.25, 0.3) is 11.0 Å². The molecule has 0 atom stereocenters. The highest BCUT2D eigenvalue weighted by atomic mass is 16.5. The summed E-state index contributed by atoms with van der Waals surface area (Å²) in [5.41, 5.74) is 5.36. The lowest BCUT2D eigenvalue weighted by Gasteiger charge is -2.19. The average molecular weight is 486 g/mol. The van der Waals surface area contributed by atoms with Crippen LogP contribution < -0.4 is 14.8 Å². The third kappa shape index (κ3) is 5.70. The van der Waals surface area contributed by atoms with Gasteiger partial charge in [-0.25, -0.2) is 4.98 Å². The molecule has 1 aromatic heterocycles. The molecule has 6 heteroatoms. The van der Waals surface area contributed by atoms with E-state index in [0.29, 0.717) is 23.6 Å². The maximum atomic E-state index is 12.6. The summed E-state index contributed by atoms with van der Waals surface area (Å²) < 4.78 is 12.8. The summed E-state index contributed by atoms with van der Waals surface area (Å²) in [7, 11) is 3.14. The Kier molecular flexibility index (Phi) is 7.63. The number of aryl methyl sites for hydroxylation is 1. The standard InChI is InChI=1S/C30H35N3O3/c1-30(2,3)23-15-12-21(13-16-23)20-33-25-10-7-6-9-24(25)32-28(33)11-8-18-31-29(34)22-14-17-26(35-4)27(19-22)36-5/h6-7,9-10,12-17,19H,8,11,18,20H2,1-5H3,(H,31,34). The monoisotopic (exact) mass is 485 g/mol. The Morgan fingerprint density at radius 2 is 1.67 bits per heavy atom. The number of aromatic nitrogens is 2. The van der Waals surface area contributed by atoms with Crippen molar-refractivity contribution in [1.82, 2.24) is 14.9 Å². The molecule has 0 fully saturated rings. The molecule has 0 radical (unpaired) electrons. The summed E-state index contributed by atoms with van der Waals surface area (Å²) >= 11 is 0. The van der Waals surface area contributed by atoms with Gasteiger partial charge in [-0.05, 0) is 53.3 Å². The predicted molar refractivity (Wildman–Crippen MR) is 144 cm³/mol. The Bertz CT molecular complexity index is 1330. The smallest absolute Gasteiger partial charge is 0.251 e. The van der Waals surface area contributed by atoms with Gasteiger partial charge in [0.25, 0.3) is 5.91 Å². The molecule has 3 aromatic carbocycles. The lowest BCUT2D eigenvalue weighted by atomic mass is 9.87. The number of hydrogen-bond donors (Lipinski definition) is 1. The van der Waals surface area contributed by atoms with Crippen molar-refractivity contribution in [1.29, 1.82) is 0 Å². The number of benzene rings is 3. The van der Waals surface area contributed by atoms with Gasteiger partial charge in [0.15, 0.2) is 11.5 Å². The Hall–Kier alpha value is -3.80. The molecule has 188 valence electrons. The van der Waals surface area contributed by atoms with Gasteiger partial charge in [0, 0.05) is 25.1 Å². The number of nitrogens with zero attached hydrogens (tertiary/aromatic N) is 2. The van der Waals surface area contributed by atoms with E-state index in [2.05, 4.69) is 73.1 Å². The molecule has 0 unspecified atom stereocenters. The number of para-hydroxylation sites is 2. The molecule has 1 N–H and O–H groups in total. The molecule has 0 aliphatic rings. The highest BCUT2D eigenvalue weighted by Gasteiger charge is 2.15. The first-order valence-electron chi connectivity index (χ1n) is 12.3. The quantitative estimate of drug-likeness (QED) is 0.306. The van der Waals surface area contributed by atoms with E-state index in [-0.39, 0.29) is 11.3 Å². The Labute approximate surface area is 213 Å². The van der Waals surface area contributed by atoms with E-state index in [1.165, 1.54) is 11.1 Å². The van der Waals surface area contributed by atoms with E-state index in [9.17, 15) is 4.79 Å². The van der Waals surface area contributed by atoms with Gasteiger partial charge in [-0.1, -0.05) is 57.2 Å². The van der Waals surface area contributed by atoms with Crippen molar-refractivity contribution in [2.24, 2.45) is 0 Å². The number of amides is 1. The summed E-state index contributed by atoms with van der Waals surface area (Å²) in [4.78, 5) is 17.5. The van der Waals surface area contributed by atoms with Crippen LogP contribution in [-0.4, -0.2) is 36.2 Å². The second kappa shape index (κ2) is 10.9. The average Bonchev–Trinajstić information content (AvgIpc) is 3.22. The first kappa shape index (κ1) is 25.3. The fourth-order valence-electron chi connectivity index (χ4n) is 4.31. The van der Waals surface area contributed by atoms with Crippen LogP contribution in [0.15, 0.2) is 66.7 Å². The van der Waals surface area contributed by atoms with Crippen molar-refractivity contribution in [3.63, 3.8) is 0 Å². The molecule has 1 heterocycles. The summed E-state index contributed by atoms with van der Waals surface area (Å²) in [6.07, 6.45) is 1.55. The van der Waals surface area contributed by atoms with Crippen molar-refractivity contribution >= 4 is 16.9 Å². The van der Waals surface area contributed by atoms with E-state index in [1.54, 1.807) is 32.4 Å². The van der Waals surface area contributed by atoms with Gasteiger partial charge in [-0.15, -0.1) is 0 Å². The largest absolute Gasteiger partial charge is 0.493 e. The maximum Gasteiger partial charge on any atom is 0.251 e. The third-order valence-electron chi connectivity index (χ3n) is 6.40. The van der Waals surface area contributed by atoms with Crippen LogP contribution in [0.3, 0.4) is 0 Å². The number of imidazole rings is 1. The number of hydrogen-bond acceptors (Lipinski definition) is 4. The van der Waals surface area contributed by atoms with Crippen LogP contribution >= 0.6 is 0 Å². The molecule has 0 saturated heterocycles. The van der Waals surface area contributed by atoms with Crippen LogP contribution in [0.2, 0.25) is 0 Å². The minimum Gasteiger partial charge on any atom is -0.493 e. The lowest BCUT2D eigenvalue weighted by Crippen LogP contribution is -2.25. The first-order chi connectivity index (χ1) is 17.3. The predicted octanol–water partition coefficient (Wildman–Crippen LogP) is 5.76. The highest BCUT2D eigenvalue weighted by molar-refractivity contribution is 5.94. The van der Waals surface area contributed by atoms with Crippen LogP contribution in [-0.2, 0) is 18.4 Å². The summed E-state index contributed by atoms with van der Waals surface area (Å²) in [5.74, 6) is 2.02. The van der Waals surface area contributed by atoms with Gasteiger partial charge in [-0.3, -0.25) is 4.79 Å². The lowest BCUT2D eigenvalue weighted by molar-refractivity contribution is 0.0952. The zero-order valence-electron chi connectivity index (χ0n) is 21.8. The van der Waals surface area contributed by atoms with Crippen LogP contribution in [0.1, 0.15) is 54.5 Å². The van der Waals surface area contributed by atoms with Crippen molar-refractivity contribution in [3.05, 3.63) is 89.2 Å². The molecule has 0 spiro atoms. The first-order valence-corrected chi connectivity index (χ1v) is 12.3.